The summed E-state index contributed by atoms with van der Waals surface area (Å²) in [6, 6.07) is 8.86. The van der Waals surface area contributed by atoms with Gasteiger partial charge in [0.15, 0.2) is 6.61 Å². The van der Waals surface area contributed by atoms with Crippen LogP contribution in [-0.4, -0.2) is 19.1 Å². The van der Waals surface area contributed by atoms with E-state index in [9.17, 15) is 4.79 Å². The van der Waals surface area contributed by atoms with E-state index in [0.29, 0.717) is 34.5 Å². The highest BCUT2D eigenvalue weighted by Crippen LogP contribution is 2.30. The monoisotopic (exact) mass is 348 g/mol. The number of benzene rings is 2. The Morgan fingerprint density at radius 1 is 1.21 bits per heavy atom. The normalized spacial score (nSPS) is 10.3. The molecule has 2 aromatic carbocycles. The second-order valence-corrected chi connectivity index (χ2v) is 5.82. The first-order chi connectivity index (χ1) is 11.4. The lowest BCUT2D eigenvalue weighted by Crippen LogP contribution is -2.21. The number of halogens is 1. The highest BCUT2D eigenvalue weighted by Gasteiger charge is 2.11. The molecule has 6 heteroatoms. The van der Waals surface area contributed by atoms with Gasteiger partial charge in [-0.25, -0.2) is 0 Å². The number of hydrogen-bond acceptors (Lipinski definition) is 4. The van der Waals surface area contributed by atoms with Crippen molar-refractivity contribution in [3.05, 3.63) is 46.5 Å². The molecule has 0 spiro atoms. The number of hydrogen-bond donors (Lipinski definition) is 2. The van der Waals surface area contributed by atoms with E-state index in [-0.39, 0.29) is 12.5 Å². The molecule has 0 bridgehead atoms. The van der Waals surface area contributed by atoms with Crippen LogP contribution in [0.3, 0.4) is 0 Å². The molecule has 128 valence electrons. The van der Waals surface area contributed by atoms with Crippen LogP contribution >= 0.6 is 11.6 Å². The number of ether oxygens (including phenoxy) is 2. The molecular formula is C18H21ClN2O3. The van der Waals surface area contributed by atoms with E-state index in [1.165, 1.54) is 0 Å². The van der Waals surface area contributed by atoms with Crippen molar-refractivity contribution in [2.24, 2.45) is 0 Å². The van der Waals surface area contributed by atoms with E-state index >= 15 is 0 Å². The maximum absolute atomic E-state index is 12.1. The molecule has 1 amide bonds. The fraction of sp³-hybridized carbons (Fsp3) is 0.278. The van der Waals surface area contributed by atoms with Gasteiger partial charge in [-0.05, 0) is 50.1 Å². The van der Waals surface area contributed by atoms with Gasteiger partial charge in [0.25, 0.3) is 5.91 Å². The zero-order valence-electron chi connectivity index (χ0n) is 14.0. The molecule has 2 rings (SSSR count). The van der Waals surface area contributed by atoms with Gasteiger partial charge in [-0.15, -0.1) is 0 Å². The second-order valence-electron chi connectivity index (χ2n) is 5.41. The number of nitrogens with one attached hydrogen (secondary N) is 1. The van der Waals surface area contributed by atoms with E-state index in [4.69, 9.17) is 26.8 Å². The Morgan fingerprint density at radius 3 is 2.58 bits per heavy atom. The third-order valence-electron chi connectivity index (χ3n) is 3.33. The Morgan fingerprint density at radius 2 is 1.96 bits per heavy atom. The maximum Gasteiger partial charge on any atom is 0.262 e. The molecule has 0 heterocycles. The number of amides is 1. The third kappa shape index (κ3) is 4.55. The summed E-state index contributed by atoms with van der Waals surface area (Å²) >= 11 is 6.16. The molecule has 0 atom stereocenters. The summed E-state index contributed by atoms with van der Waals surface area (Å²) in [6.07, 6.45) is 0. The average Bonchev–Trinajstić information content (AvgIpc) is 2.49. The number of carbonyl (C=O) groups excluding carboxylic acids is 1. The van der Waals surface area contributed by atoms with Crippen LogP contribution < -0.4 is 20.5 Å². The highest BCUT2D eigenvalue weighted by atomic mass is 35.5. The molecule has 24 heavy (non-hydrogen) atoms. The van der Waals surface area contributed by atoms with Crippen molar-refractivity contribution in [2.45, 2.75) is 20.8 Å². The van der Waals surface area contributed by atoms with Gasteiger partial charge in [0.2, 0.25) is 0 Å². The third-order valence-corrected chi connectivity index (χ3v) is 3.61. The second kappa shape index (κ2) is 7.93. The zero-order chi connectivity index (χ0) is 17.7. The van der Waals surface area contributed by atoms with Gasteiger partial charge < -0.3 is 20.5 Å². The minimum absolute atomic E-state index is 0.156. The molecule has 2 aromatic rings. The van der Waals surface area contributed by atoms with Crippen molar-refractivity contribution in [3.8, 4) is 11.5 Å². The number of anilines is 2. The van der Waals surface area contributed by atoms with Crippen LogP contribution in [0, 0.1) is 13.8 Å². The predicted octanol–water partition coefficient (Wildman–Crippen LogP) is 3.96. The Kier molecular flexibility index (Phi) is 5.93. The van der Waals surface area contributed by atoms with Gasteiger partial charge >= 0.3 is 0 Å². The number of aryl methyl sites for hydroxylation is 2. The molecule has 0 saturated heterocycles. The lowest BCUT2D eigenvalue weighted by molar-refractivity contribution is -0.118. The van der Waals surface area contributed by atoms with Crippen molar-refractivity contribution in [2.75, 3.05) is 24.3 Å². The quantitative estimate of drug-likeness (QED) is 0.775. The Balaban J connectivity index is 1.99. The largest absolute Gasteiger partial charge is 0.494 e. The molecule has 0 aliphatic rings. The Labute approximate surface area is 146 Å². The first-order valence-electron chi connectivity index (χ1n) is 7.62. The molecule has 3 N–H and O–H groups in total. The van der Waals surface area contributed by atoms with Crippen LogP contribution in [0.5, 0.6) is 11.5 Å². The van der Waals surface area contributed by atoms with Crippen LogP contribution in [0.15, 0.2) is 30.3 Å². The van der Waals surface area contributed by atoms with Crippen molar-refractivity contribution in [3.63, 3.8) is 0 Å². The summed E-state index contributed by atoms with van der Waals surface area (Å²) in [5.74, 6) is 0.852. The summed E-state index contributed by atoms with van der Waals surface area (Å²) in [4.78, 5) is 12.1. The van der Waals surface area contributed by atoms with E-state index in [2.05, 4.69) is 5.32 Å². The Hall–Kier alpha value is -2.40. The summed E-state index contributed by atoms with van der Waals surface area (Å²) < 4.78 is 10.9. The number of nitrogen functional groups attached to an aromatic ring is 1. The number of rotatable bonds is 6. The van der Waals surface area contributed by atoms with Gasteiger partial charge in [-0.2, -0.15) is 0 Å². The first-order valence-corrected chi connectivity index (χ1v) is 8.00. The average molecular weight is 349 g/mol. The molecular weight excluding hydrogens is 328 g/mol. The van der Waals surface area contributed by atoms with Crippen LogP contribution in [0.1, 0.15) is 18.1 Å². The summed E-state index contributed by atoms with van der Waals surface area (Å²) in [5.41, 5.74) is 8.78. The number of carbonyl (C=O) groups is 1. The minimum Gasteiger partial charge on any atom is -0.494 e. The maximum atomic E-state index is 12.1. The van der Waals surface area contributed by atoms with Gasteiger partial charge in [0.05, 0.1) is 23.0 Å². The Bertz CT molecular complexity index is 724. The van der Waals surface area contributed by atoms with Crippen molar-refractivity contribution in [1.82, 2.24) is 0 Å². The molecule has 0 aliphatic carbocycles. The van der Waals surface area contributed by atoms with Crippen molar-refractivity contribution < 1.29 is 14.3 Å². The van der Waals surface area contributed by atoms with Crippen LogP contribution in [0.2, 0.25) is 5.02 Å². The van der Waals surface area contributed by atoms with Crippen LogP contribution in [0.4, 0.5) is 11.4 Å². The number of nitrogens with two attached hydrogens (primary N) is 1. The van der Waals surface area contributed by atoms with Gasteiger partial charge in [-0.3, -0.25) is 4.79 Å². The lowest BCUT2D eigenvalue weighted by atomic mass is 10.1. The first kappa shape index (κ1) is 17.9. The lowest BCUT2D eigenvalue weighted by Gasteiger charge is -2.13. The van der Waals surface area contributed by atoms with Gasteiger partial charge in [-0.1, -0.05) is 17.7 Å². The molecule has 0 saturated carbocycles. The van der Waals surface area contributed by atoms with Crippen LogP contribution in [0.25, 0.3) is 0 Å². The van der Waals surface area contributed by atoms with Crippen molar-refractivity contribution >= 4 is 28.9 Å². The summed E-state index contributed by atoms with van der Waals surface area (Å²) in [6.45, 7) is 6.12. The predicted molar refractivity (Wildman–Crippen MR) is 97.1 cm³/mol. The van der Waals surface area contributed by atoms with Gasteiger partial charge in [0, 0.05) is 6.07 Å². The minimum atomic E-state index is -0.318. The van der Waals surface area contributed by atoms with Gasteiger partial charge in [0.1, 0.15) is 11.5 Å². The molecule has 0 aliphatic heterocycles. The van der Waals surface area contributed by atoms with E-state index < -0.39 is 0 Å². The van der Waals surface area contributed by atoms with E-state index in [1.54, 1.807) is 24.3 Å². The highest BCUT2D eigenvalue weighted by molar-refractivity contribution is 6.32. The fourth-order valence-corrected chi connectivity index (χ4v) is 2.70. The molecule has 0 unspecified atom stereocenters. The van der Waals surface area contributed by atoms with E-state index in [0.717, 1.165) is 11.1 Å². The zero-order valence-corrected chi connectivity index (χ0v) is 14.7. The van der Waals surface area contributed by atoms with E-state index in [1.807, 2.05) is 26.8 Å². The summed E-state index contributed by atoms with van der Waals surface area (Å²) in [5, 5.41) is 3.20. The molecule has 5 nitrogen and oxygen atoms in total. The molecule has 0 radical (unpaired) electrons. The standard InChI is InChI=1S/C18H21ClN2O3/c1-4-23-13-5-6-16(15(20)9-13)21-17(22)10-24-18-12(3)7-11(2)8-14(18)19/h5-9H,4,10,20H2,1-3H3,(H,21,22). The van der Waals surface area contributed by atoms with Crippen molar-refractivity contribution in [1.29, 1.82) is 0 Å². The fourth-order valence-electron chi connectivity index (χ4n) is 2.32. The SMILES string of the molecule is CCOc1ccc(NC(=O)COc2c(C)cc(C)cc2Cl)c(N)c1. The topological polar surface area (TPSA) is 73.6 Å². The summed E-state index contributed by atoms with van der Waals surface area (Å²) in [7, 11) is 0. The molecule has 0 aromatic heterocycles. The smallest absolute Gasteiger partial charge is 0.262 e. The van der Waals surface area contributed by atoms with Crippen LogP contribution in [-0.2, 0) is 4.79 Å². The molecule has 0 fully saturated rings.